The van der Waals surface area contributed by atoms with Gasteiger partial charge in [0.25, 0.3) is 5.19 Å². The first-order valence-corrected chi connectivity index (χ1v) is 8.13. The van der Waals surface area contributed by atoms with Crippen LogP contribution in [-0.4, -0.2) is 53.5 Å². The van der Waals surface area contributed by atoms with E-state index in [1.165, 1.54) is 11.3 Å². The van der Waals surface area contributed by atoms with Gasteiger partial charge in [0.2, 0.25) is 0 Å². The van der Waals surface area contributed by atoms with Crippen molar-refractivity contribution in [3.63, 3.8) is 0 Å². The number of nitrogens with zero attached hydrogens (tertiary/aromatic N) is 3. The van der Waals surface area contributed by atoms with Crippen molar-refractivity contribution < 1.29 is 14.3 Å². The fraction of sp³-hybridized carbons (Fsp3) is 0.769. The summed E-state index contributed by atoms with van der Waals surface area (Å²) >= 11 is 1.48. The lowest BCUT2D eigenvalue weighted by atomic mass is 10.1. The Morgan fingerprint density at radius 3 is 3.05 bits per heavy atom. The van der Waals surface area contributed by atoms with Crippen molar-refractivity contribution in [2.75, 3.05) is 26.3 Å². The molecule has 0 unspecified atom stereocenters. The van der Waals surface area contributed by atoms with Crippen LogP contribution in [0.3, 0.4) is 0 Å². The summed E-state index contributed by atoms with van der Waals surface area (Å²) in [6, 6.07) is 0.136. The van der Waals surface area contributed by atoms with Crippen LogP contribution in [0, 0.1) is 0 Å². The maximum Gasteiger partial charge on any atom is 0.407 e. The van der Waals surface area contributed by atoms with Gasteiger partial charge in [-0.2, -0.15) is 0 Å². The van der Waals surface area contributed by atoms with Crippen LogP contribution in [0.4, 0.5) is 4.79 Å². The molecule has 1 aromatic heterocycles. The minimum Gasteiger partial charge on any atom is -0.469 e. The number of hydrogen-bond donors (Lipinski definition) is 1. The van der Waals surface area contributed by atoms with E-state index in [-0.39, 0.29) is 12.1 Å². The van der Waals surface area contributed by atoms with Crippen LogP contribution in [0.1, 0.15) is 31.7 Å². The Bertz CT molecular complexity index is 454. The van der Waals surface area contributed by atoms with Gasteiger partial charge < -0.3 is 14.8 Å². The van der Waals surface area contributed by atoms with Crippen LogP contribution < -0.4 is 10.1 Å². The summed E-state index contributed by atoms with van der Waals surface area (Å²) in [5, 5.41) is 12.6. The molecular weight excluding hydrogens is 292 g/mol. The summed E-state index contributed by atoms with van der Waals surface area (Å²) < 4.78 is 10.3. The third-order valence-corrected chi connectivity index (χ3v) is 4.00. The number of likely N-dealkylation sites (tertiary alicyclic amines) is 1. The van der Waals surface area contributed by atoms with E-state index in [2.05, 4.69) is 20.4 Å². The van der Waals surface area contributed by atoms with Crippen molar-refractivity contribution in [1.29, 1.82) is 0 Å². The van der Waals surface area contributed by atoms with Crippen molar-refractivity contribution in [3.05, 3.63) is 5.01 Å². The lowest BCUT2D eigenvalue weighted by Gasteiger charge is -2.32. The number of nitrogens with one attached hydrogen (secondary N) is 1. The second-order valence-corrected chi connectivity index (χ2v) is 5.86. The highest BCUT2D eigenvalue weighted by molar-refractivity contribution is 7.13. The number of alkyl carbamates (subject to hydrolysis) is 1. The lowest BCUT2D eigenvalue weighted by Crippen LogP contribution is -2.47. The van der Waals surface area contributed by atoms with E-state index in [9.17, 15) is 4.79 Å². The monoisotopic (exact) mass is 314 g/mol. The molecule has 1 saturated heterocycles. The molecule has 1 amide bonds. The predicted octanol–water partition coefficient (Wildman–Crippen LogP) is 1.65. The Labute approximate surface area is 128 Å². The molecule has 2 heterocycles. The Hall–Kier alpha value is -1.41. The molecule has 0 bridgehead atoms. The van der Waals surface area contributed by atoms with Gasteiger partial charge in [-0.05, 0) is 33.2 Å². The molecule has 0 spiro atoms. The maximum atomic E-state index is 11.5. The minimum atomic E-state index is -0.334. The summed E-state index contributed by atoms with van der Waals surface area (Å²) in [6.07, 6.45) is 1.70. The number of carbonyl (C=O) groups is 1. The van der Waals surface area contributed by atoms with Gasteiger partial charge in [-0.25, -0.2) is 4.79 Å². The highest BCUT2D eigenvalue weighted by Crippen LogP contribution is 2.21. The summed E-state index contributed by atoms with van der Waals surface area (Å²) in [5.74, 6) is 0. The third-order valence-electron chi connectivity index (χ3n) is 3.18. The van der Waals surface area contributed by atoms with Gasteiger partial charge in [0, 0.05) is 12.6 Å². The third kappa shape index (κ3) is 5.13. The summed E-state index contributed by atoms with van der Waals surface area (Å²) in [7, 11) is 0. The number of amides is 1. The van der Waals surface area contributed by atoms with Crippen molar-refractivity contribution in [2.24, 2.45) is 0 Å². The first-order chi connectivity index (χ1) is 10.2. The SMILES string of the molecule is CCOC(=O)N[C@@H]1CCCN(Cc2nnc(OCC)s2)C1. The fourth-order valence-corrected chi connectivity index (χ4v) is 3.12. The summed E-state index contributed by atoms with van der Waals surface area (Å²) in [6.45, 7) is 7.28. The minimum absolute atomic E-state index is 0.136. The van der Waals surface area contributed by atoms with E-state index in [0.29, 0.717) is 18.4 Å². The summed E-state index contributed by atoms with van der Waals surface area (Å²) in [4.78, 5) is 13.7. The van der Waals surface area contributed by atoms with Gasteiger partial charge in [-0.3, -0.25) is 4.90 Å². The maximum absolute atomic E-state index is 11.5. The topological polar surface area (TPSA) is 76.6 Å². The van der Waals surface area contributed by atoms with Gasteiger partial charge in [0.05, 0.1) is 19.8 Å². The molecule has 1 atom stereocenters. The van der Waals surface area contributed by atoms with Gasteiger partial charge >= 0.3 is 6.09 Å². The van der Waals surface area contributed by atoms with Gasteiger partial charge in [-0.15, -0.1) is 10.2 Å². The number of aromatic nitrogens is 2. The molecule has 0 aliphatic carbocycles. The van der Waals surface area contributed by atoms with Crippen LogP contribution in [-0.2, 0) is 11.3 Å². The van der Waals surface area contributed by atoms with Crippen LogP contribution in [0.2, 0.25) is 0 Å². The molecule has 1 fully saturated rings. The fourth-order valence-electron chi connectivity index (χ4n) is 2.33. The molecule has 118 valence electrons. The Morgan fingerprint density at radius 1 is 1.43 bits per heavy atom. The molecule has 1 aliphatic rings. The second-order valence-electron chi connectivity index (χ2n) is 4.83. The normalized spacial score (nSPS) is 19.2. The zero-order chi connectivity index (χ0) is 15.1. The molecule has 0 saturated carbocycles. The Balaban J connectivity index is 1.81. The zero-order valence-corrected chi connectivity index (χ0v) is 13.3. The molecule has 7 nitrogen and oxygen atoms in total. The quantitative estimate of drug-likeness (QED) is 0.860. The van der Waals surface area contributed by atoms with E-state index in [1.54, 1.807) is 6.92 Å². The summed E-state index contributed by atoms with van der Waals surface area (Å²) in [5.41, 5.74) is 0. The van der Waals surface area contributed by atoms with E-state index in [1.807, 2.05) is 6.92 Å². The van der Waals surface area contributed by atoms with E-state index < -0.39 is 0 Å². The molecule has 1 aromatic rings. The molecule has 1 aliphatic heterocycles. The zero-order valence-electron chi connectivity index (χ0n) is 12.5. The Kier molecular flexibility index (Phi) is 6.19. The van der Waals surface area contributed by atoms with Crippen molar-refractivity contribution in [3.8, 4) is 5.19 Å². The number of hydrogen-bond acceptors (Lipinski definition) is 7. The van der Waals surface area contributed by atoms with Crippen LogP contribution in [0.5, 0.6) is 5.19 Å². The number of carbonyl (C=O) groups excluding carboxylic acids is 1. The molecule has 8 heteroatoms. The average Bonchev–Trinajstić information content (AvgIpc) is 2.87. The molecule has 2 rings (SSSR count). The van der Waals surface area contributed by atoms with Crippen molar-refractivity contribution in [1.82, 2.24) is 20.4 Å². The lowest BCUT2D eigenvalue weighted by molar-refractivity contribution is 0.132. The number of ether oxygens (including phenoxy) is 2. The highest BCUT2D eigenvalue weighted by Gasteiger charge is 2.22. The van der Waals surface area contributed by atoms with Gasteiger partial charge in [-0.1, -0.05) is 11.3 Å². The largest absolute Gasteiger partial charge is 0.469 e. The molecule has 21 heavy (non-hydrogen) atoms. The van der Waals surface area contributed by atoms with Crippen molar-refractivity contribution >= 4 is 17.4 Å². The standard InChI is InChI=1S/C13H22N4O3S/c1-3-19-12(18)14-10-6-5-7-17(8-10)9-11-15-16-13(21-11)20-4-2/h10H,3-9H2,1-2H3,(H,14,18)/t10-/m1/s1. The first-order valence-electron chi connectivity index (χ1n) is 7.32. The molecule has 1 N–H and O–H groups in total. The second kappa shape index (κ2) is 8.14. The van der Waals surface area contributed by atoms with Crippen LogP contribution in [0.15, 0.2) is 0 Å². The number of piperidine rings is 1. The molecule has 0 aromatic carbocycles. The first kappa shape index (κ1) is 16.0. The van der Waals surface area contributed by atoms with E-state index in [4.69, 9.17) is 9.47 Å². The van der Waals surface area contributed by atoms with Crippen LogP contribution in [0.25, 0.3) is 0 Å². The van der Waals surface area contributed by atoms with Gasteiger partial charge in [0.1, 0.15) is 5.01 Å². The predicted molar refractivity (Wildman–Crippen MR) is 79.5 cm³/mol. The van der Waals surface area contributed by atoms with Crippen molar-refractivity contribution in [2.45, 2.75) is 39.3 Å². The Morgan fingerprint density at radius 2 is 2.29 bits per heavy atom. The smallest absolute Gasteiger partial charge is 0.407 e. The molecular formula is C13H22N4O3S. The number of rotatable bonds is 6. The average molecular weight is 314 g/mol. The highest BCUT2D eigenvalue weighted by atomic mass is 32.1. The van der Waals surface area contributed by atoms with Crippen LogP contribution >= 0.6 is 11.3 Å². The van der Waals surface area contributed by atoms with E-state index in [0.717, 1.165) is 37.5 Å². The van der Waals surface area contributed by atoms with Gasteiger partial charge in [0.15, 0.2) is 0 Å². The van der Waals surface area contributed by atoms with E-state index >= 15 is 0 Å². The molecule has 0 radical (unpaired) electrons.